The van der Waals surface area contributed by atoms with E-state index in [9.17, 15) is 14.7 Å². The van der Waals surface area contributed by atoms with E-state index in [1.807, 2.05) is 31.2 Å². The van der Waals surface area contributed by atoms with Crippen molar-refractivity contribution in [3.8, 4) is 0 Å². The molecule has 4 nitrogen and oxygen atoms in total. The lowest BCUT2D eigenvalue weighted by Gasteiger charge is -2.22. The Morgan fingerprint density at radius 3 is 2.50 bits per heavy atom. The molecule has 124 valence electrons. The minimum atomic E-state index is -1.79. The Hall–Kier alpha value is -1.73. The standard InChI is InChI=1S/C19H18INO3/c1-2-11-21-16-6-4-3-5-15(16)19(24,18(21)23)12-17(22)13-7-9-14(20)10-8-13/h3-10,24H,2,11-12H2,1H3/t19-/m0/s1. The van der Waals surface area contributed by atoms with Crippen LogP contribution in [0.25, 0.3) is 0 Å². The zero-order valence-corrected chi connectivity index (χ0v) is 15.5. The Kier molecular flexibility index (Phi) is 4.73. The van der Waals surface area contributed by atoms with Gasteiger partial charge in [0.1, 0.15) is 0 Å². The van der Waals surface area contributed by atoms with Gasteiger partial charge in [0, 0.05) is 21.2 Å². The van der Waals surface area contributed by atoms with E-state index in [4.69, 9.17) is 0 Å². The van der Waals surface area contributed by atoms with Crippen molar-refractivity contribution >= 4 is 40.0 Å². The molecule has 0 bridgehead atoms. The zero-order chi connectivity index (χ0) is 17.3. The summed E-state index contributed by atoms with van der Waals surface area (Å²) in [4.78, 5) is 27.0. The maximum atomic E-state index is 12.8. The third kappa shape index (κ3) is 2.86. The molecule has 1 aliphatic heterocycles. The van der Waals surface area contributed by atoms with E-state index < -0.39 is 11.5 Å². The number of ketones is 1. The third-order valence-electron chi connectivity index (χ3n) is 4.27. The fraction of sp³-hybridized carbons (Fsp3) is 0.263. The molecular weight excluding hydrogens is 417 g/mol. The Bertz CT molecular complexity index is 787. The Labute approximate surface area is 154 Å². The van der Waals surface area contributed by atoms with Crippen LogP contribution < -0.4 is 4.90 Å². The van der Waals surface area contributed by atoms with Crippen LogP contribution in [0.4, 0.5) is 5.69 Å². The number of rotatable bonds is 5. The average Bonchev–Trinajstić information content (AvgIpc) is 2.78. The SMILES string of the molecule is CCCN1C(=O)[C@](O)(CC(=O)c2ccc(I)cc2)c2ccccc21. The van der Waals surface area contributed by atoms with Crippen LogP contribution in [0.3, 0.4) is 0 Å². The van der Waals surface area contributed by atoms with Crippen LogP contribution in [0.1, 0.15) is 35.7 Å². The van der Waals surface area contributed by atoms with Gasteiger partial charge in [0.2, 0.25) is 0 Å². The quantitative estimate of drug-likeness (QED) is 0.578. The molecule has 0 spiro atoms. The van der Waals surface area contributed by atoms with Gasteiger partial charge in [-0.25, -0.2) is 0 Å². The molecule has 1 amide bonds. The summed E-state index contributed by atoms with van der Waals surface area (Å²) in [6, 6.07) is 14.3. The van der Waals surface area contributed by atoms with Crippen molar-refractivity contribution in [2.75, 3.05) is 11.4 Å². The zero-order valence-electron chi connectivity index (χ0n) is 13.3. The smallest absolute Gasteiger partial charge is 0.264 e. The lowest BCUT2D eigenvalue weighted by atomic mass is 9.88. The Morgan fingerprint density at radius 1 is 1.17 bits per heavy atom. The maximum absolute atomic E-state index is 12.8. The number of aliphatic hydroxyl groups is 1. The summed E-state index contributed by atoms with van der Waals surface area (Å²) in [7, 11) is 0. The molecule has 5 heteroatoms. The molecule has 0 fully saturated rings. The van der Waals surface area contributed by atoms with Crippen molar-refractivity contribution in [1.82, 2.24) is 0 Å². The molecule has 2 aromatic carbocycles. The average molecular weight is 435 g/mol. The van der Waals surface area contributed by atoms with E-state index in [0.29, 0.717) is 23.4 Å². The van der Waals surface area contributed by atoms with E-state index in [0.717, 1.165) is 9.99 Å². The number of carbonyl (C=O) groups excluding carboxylic acids is 2. The largest absolute Gasteiger partial charge is 0.375 e. The van der Waals surface area contributed by atoms with Gasteiger partial charge in [-0.2, -0.15) is 0 Å². The number of Topliss-reactive ketones (excluding diaryl/α,β-unsaturated/α-hetero) is 1. The molecule has 0 saturated heterocycles. The van der Waals surface area contributed by atoms with Gasteiger partial charge in [-0.1, -0.05) is 37.3 Å². The molecule has 3 rings (SSSR count). The highest BCUT2D eigenvalue weighted by Gasteiger charge is 2.50. The van der Waals surface area contributed by atoms with Crippen LogP contribution in [0.5, 0.6) is 0 Å². The maximum Gasteiger partial charge on any atom is 0.264 e. The van der Waals surface area contributed by atoms with E-state index in [-0.39, 0.29) is 12.2 Å². The molecule has 1 N–H and O–H groups in total. The number of hydrogen-bond acceptors (Lipinski definition) is 3. The molecule has 0 aliphatic carbocycles. The monoisotopic (exact) mass is 435 g/mol. The second-order valence-electron chi connectivity index (χ2n) is 5.94. The summed E-state index contributed by atoms with van der Waals surface area (Å²) in [5.41, 5.74) is -0.0705. The molecule has 24 heavy (non-hydrogen) atoms. The highest BCUT2D eigenvalue weighted by Crippen LogP contribution is 2.42. The van der Waals surface area contributed by atoms with Gasteiger partial charge in [0.25, 0.3) is 5.91 Å². The lowest BCUT2D eigenvalue weighted by molar-refractivity contribution is -0.135. The first kappa shape index (κ1) is 17.1. The van der Waals surface area contributed by atoms with Crippen LogP contribution in [0.15, 0.2) is 48.5 Å². The summed E-state index contributed by atoms with van der Waals surface area (Å²) in [5, 5.41) is 11.1. The van der Waals surface area contributed by atoms with Gasteiger partial charge in [-0.05, 0) is 47.2 Å². The highest BCUT2D eigenvalue weighted by molar-refractivity contribution is 14.1. The lowest BCUT2D eigenvalue weighted by Crippen LogP contribution is -2.42. The summed E-state index contributed by atoms with van der Waals surface area (Å²) >= 11 is 2.17. The highest BCUT2D eigenvalue weighted by atomic mass is 127. The topological polar surface area (TPSA) is 57.6 Å². The minimum absolute atomic E-state index is 0.240. The Balaban J connectivity index is 1.95. The molecule has 0 saturated carbocycles. The van der Waals surface area contributed by atoms with Gasteiger partial charge < -0.3 is 10.0 Å². The van der Waals surface area contributed by atoms with Crippen LogP contribution in [0, 0.1) is 3.57 Å². The van der Waals surface area contributed by atoms with E-state index in [2.05, 4.69) is 22.6 Å². The number of fused-ring (bicyclic) bond motifs is 1. The molecule has 1 atom stereocenters. The fourth-order valence-electron chi connectivity index (χ4n) is 3.09. The first-order valence-electron chi connectivity index (χ1n) is 7.90. The van der Waals surface area contributed by atoms with Gasteiger partial charge in [-0.15, -0.1) is 0 Å². The van der Waals surface area contributed by atoms with Crippen LogP contribution in [-0.4, -0.2) is 23.3 Å². The molecule has 1 aliphatic rings. The van der Waals surface area contributed by atoms with Crippen LogP contribution >= 0.6 is 22.6 Å². The first-order chi connectivity index (χ1) is 11.5. The second kappa shape index (κ2) is 6.64. The van der Waals surface area contributed by atoms with Crippen LogP contribution in [-0.2, 0) is 10.4 Å². The van der Waals surface area contributed by atoms with Crippen molar-refractivity contribution in [2.24, 2.45) is 0 Å². The third-order valence-corrected chi connectivity index (χ3v) is 4.99. The van der Waals surface area contributed by atoms with Crippen molar-refractivity contribution < 1.29 is 14.7 Å². The number of anilines is 1. The number of amides is 1. The molecule has 1 heterocycles. The van der Waals surface area contributed by atoms with Crippen LogP contribution in [0.2, 0.25) is 0 Å². The molecule has 0 radical (unpaired) electrons. The first-order valence-corrected chi connectivity index (χ1v) is 8.98. The number of para-hydroxylation sites is 1. The summed E-state index contributed by atoms with van der Waals surface area (Å²) in [5.74, 6) is -0.653. The number of benzene rings is 2. The van der Waals surface area contributed by atoms with Gasteiger partial charge >= 0.3 is 0 Å². The number of hydrogen-bond donors (Lipinski definition) is 1. The summed E-state index contributed by atoms with van der Waals surface area (Å²) in [6.07, 6.45) is 0.533. The normalized spacial score (nSPS) is 19.5. The van der Waals surface area contributed by atoms with Crippen molar-refractivity contribution in [3.05, 3.63) is 63.2 Å². The second-order valence-corrected chi connectivity index (χ2v) is 7.19. The predicted octanol–water partition coefficient (Wildman–Crippen LogP) is 3.51. The fourth-order valence-corrected chi connectivity index (χ4v) is 3.45. The minimum Gasteiger partial charge on any atom is -0.375 e. The van der Waals surface area contributed by atoms with Crippen molar-refractivity contribution in [1.29, 1.82) is 0 Å². The predicted molar refractivity (Wildman–Crippen MR) is 101 cm³/mol. The van der Waals surface area contributed by atoms with Gasteiger partial charge in [0.15, 0.2) is 11.4 Å². The summed E-state index contributed by atoms with van der Waals surface area (Å²) < 4.78 is 1.03. The Morgan fingerprint density at radius 2 is 1.83 bits per heavy atom. The summed E-state index contributed by atoms with van der Waals surface area (Å²) in [6.45, 7) is 2.50. The van der Waals surface area contributed by atoms with Crippen molar-refractivity contribution in [2.45, 2.75) is 25.4 Å². The van der Waals surface area contributed by atoms with E-state index in [1.54, 1.807) is 29.2 Å². The number of nitrogens with zero attached hydrogens (tertiary/aromatic N) is 1. The van der Waals surface area contributed by atoms with Gasteiger partial charge in [0.05, 0.1) is 12.1 Å². The van der Waals surface area contributed by atoms with Gasteiger partial charge in [-0.3, -0.25) is 9.59 Å². The number of halogens is 1. The molecule has 0 unspecified atom stereocenters. The van der Waals surface area contributed by atoms with E-state index in [1.165, 1.54) is 0 Å². The molecular formula is C19H18INO3. The van der Waals surface area contributed by atoms with Crippen molar-refractivity contribution in [3.63, 3.8) is 0 Å². The van der Waals surface area contributed by atoms with E-state index >= 15 is 0 Å². The number of carbonyl (C=O) groups is 2. The molecule has 0 aromatic heterocycles. The molecule has 2 aromatic rings.